The highest BCUT2D eigenvalue weighted by atomic mass is 35.5. The van der Waals surface area contributed by atoms with Crippen molar-refractivity contribution in [3.63, 3.8) is 0 Å². The lowest BCUT2D eigenvalue weighted by Gasteiger charge is -2.28. The van der Waals surface area contributed by atoms with E-state index in [1.54, 1.807) is 24.3 Å². The van der Waals surface area contributed by atoms with E-state index in [0.717, 1.165) is 0 Å². The second-order valence-corrected chi connectivity index (χ2v) is 10.5. The number of nitrogens with two attached hydrogens (primary N) is 1. The van der Waals surface area contributed by atoms with Crippen molar-refractivity contribution in [3.05, 3.63) is 53.3 Å². The lowest BCUT2D eigenvalue weighted by molar-refractivity contribution is -0.176. The number of hydrogen-bond acceptors (Lipinski definition) is 11. The lowest BCUT2D eigenvalue weighted by Crippen LogP contribution is -2.44. The van der Waals surface area contributed by atoms with E-state index in [2.05, 4.69) is 30.4 Å². The molecule has 3 N–H and O–H groups in total. The summed E-state index contributed by atoms with van der Waals surface area (Å²) in [6.45, 7) is 5.20. The Morgan fingerprint density at radius 1 is 1.26 bits per heavy atom. The molecule has 1 aliphatic heterocycles. The van der Waals surface area contributed by atoms with Crippen LogP contribution in [0.25, 0.3) is 11.2 Å². The standard InChI is InChI=1S/C24H26ClN9O5/c1-23(2,3)34-31-20(30-32-34)24(21(36)37,10-13-7-5-4-6-8-13)38-11-15-14(35)9-16(39-15)33-12-27-17-18(26)28-22(25)29-19(17)33/h4-8,12,15-16H,9-11H2,1-3H3,(H,36,37)(H2,26,28,29)/t15-,16-,24?/m1/s1. The summed E-state index contributed by atoms with van der Waals surface area (Å²) in [5, 5.41) is 22.8. The quantitative estimate of drug-likeness (QED) is 0.301. The summed E-state index contributed by atoms with van der Waals surface area (Å²) in [5.41, 5.74) is 4.58. The molecule has 1 aromatic carbocycles. The van der Waals surface area contributed by atoms with Gasteiger partial charge in [0.15, 0.2) is 17.2 Å². The van der Waals surface area contributed by atoms with Gasteiger partial charge in [-0.15, -0.1) is 10.2 Å². The molecule has 15 heteroatoms. The molecule has 4 aromatic rings. The molecule has 4 heterocycles. The second kappa shape index (κ2) is 9.94. The number of carbonyl (C=O) groups is 2. The van der Waals surface area contributed by atoms with Crippen molar-refractivity contribution in [1.82, 2.24) is 39.7 Å². The van der Waals surface area contributed by atoms with Crippen molar-refractivity contribution in [2.45, 2.75) is 57.1 Å². The highest BCUT2D eigenvalue weighted by Crippen LogP contribution is 2.33. The van der Waals surface area contributed by atoms with Crippen molar-refractivity contribution in [3.8, 4) is 0 Å². The van der Waals surface area contributed by atoms with Gasteiger partial charge in [0.2, 0.25) is 16.7 Å². The van der Waals surface area contributed by atoms with Gasteiger partial charge in [-0.05, 0) is 43.1 Å². The molecule has 3 aromatic heterocycles. The number of ether oxygens (including phenoxy) is 2. The Morgan fingerprint density at radius 2 is 2.00 bits per heavy atom. The third-order valence-electron chi connectivity index (χ3n) is 6.28. The van der Waals surface area contributed by atoms with Gasteiger partial charge >= 0.3 is 5.97 Å². The van der Waals surface area contributed by atoms with Crippen LogP contribution >= 0.6 is 11.6 Å². The van der Waals surface area contributed by atoms with Crippen molar-refractivity contribution in [1.29, 1.82) is 0 Å². The number of anilines is 1. The van der Waals surface area contributed by atoms with E-state index in [1.807, 2.05) is 26.8 Å². The molecule has 5 rings (SSSR count). The van der Waals surface area contributed by atoms with Crippen LogP contribution in [0.3, 0.4) is 0 Å². The number of imidazole rings is 1. The van der Waals surface area contributed by atoms with E-state index in [4.69, 9.17) is 26.8 Å². The van der Waals surface area contributed by atoms with Crippen LogP contribution in [-0.2, 0) is 36.6 Å². The molecular formula is C24H26ClN9O5. The number of fused-ring (bicyclic) bond motifs is 1. The molecule has 1 saturated heterocycles. The molecule has 0 radical (unpaired) electrons. The summed E-state index contributed by atoms with van der Waals surface area (Å²) in [6.07, 6.45) is -0.564. The maximum Gasteiger partial charge on any atom is 0.344 e. The summed E-state index contributed by atoms with van der Waals surface area (Å²) in [7, 11) is 0. The second-order valence-electron chi connectivity index (χ2n) is 10.1. The maximum atomic E-state index is 12.9. The molecule has 1 aliphatic rings. The molecule has 0 saturated carbocycles. The number of aromatic nitrogens is 8. The minimum absolute atomic E-state index is 0.0295. The molecule has 0 spiro atoms. The predicted octanol–water partition coefficient (Wildman–Crippen LogP) is 1.90. The molecule has 0 bridgehead atoms. The Morgan fingerprint density at radius 3 is 2.67 bits per heavy atom. The highest BCUT2D eigenvalue weighted by molar-refractivity contribution is 6.28. The number of halogens is 1. The SMILES string of the molecule is CC(C)(C)n1nnc(C(Cc2ccccc2)(OC[C@H]2O[C@@H](n3cnc4c(N)nc(Cl)nc43)CC2=O)C(=O)O)n1. The van der Waals surface area contributed by atoms with E-state index >= 15 is 0 Å². The molecular weight excluding hydrogens is 530 g/mol. The Balaban J connectivity index is 1.43. The molecule has 14 nitrogen and oxygen atoms in total. The van der Waals surface area contributed by atoms with Gasteiger partial charge in [-0.1, -0.05) is 30.3 Å². The van der Waals surface area contributed by atoms with Crippen LogP contribution in [0.4, 0.5) is 5.82 Å². The average Bonchev–Trinajstić information content (AvgIpc) is 3.61. The summed E-state index contributed by atoms with van der Waals surface area (Å²) in [5.74, 6) is -1.67. The van der Waals surface area contributed by atoms with Gasteiger partial charge in [0.05, 0.1) is 24.9 Å². The van der Waals surface area contributed by atoms with E-state index in [0.29, 0.717) is 16.7 Å². The van der Waals surface area contributed by atoms with E-state index in [9.17, 15) is 14.7 Å². The molecule has 39 heavy (non-hydrogen) atoms. The van der Waals surface area contributed by atoms with Crippen LogP contribution in [0.2, 0.25) is 5.28 Å². The average molecular weight is 556 g/mol. The first-order valence-electron chi connectivity index (χ1n) is 12.0. The molecule has 1 fully saturated rings. The zero-order chi connectivity index (χ0) is 27.9. The number of aliphatic carboxylic acids is 1. The van der Waals surface area contributed by atoms with E-state index < -0.39 is 29.4 Å². The third-order valence-corrected chi connectivity index (χ3v) is 6.45. The van der Waals surface area contributed by atoms with Gasteiger partial charge in [0.1, 0.15) is 17.8 Å². The number of nitrogen functional groups attached to an aromatic ring is 1. The fourth-order valence-corrected chi connectivity index (χ4v) is 4.39. The summed E-state index contributed by atoms with van der Waals surface area (Å²) >= 11 is 5.96. The van der Waals surface area contributed by atoms with Gasteiger partial charge in [-0.25, -0.2) is 9.78 Å². The van der Waals surface area contributed by atoms with Crippen LogP contribution in [0.5, 0.6) is 0 Å². The number of benzene rings is 1. The monoisotopic (exact) mass is 555 g/mol. The van der Waals surface area contributed by atoms with Gasteiger partial charge in [-0.2, -0.15) is 14.8 Å². The fraction of sp³-hybridized carbons (Fsp3) is 0.417. The molecule has 3 atom stereocenters. The van der Waals surface area contributed by atoms with Gasteiger partial charge < -0.3 is 20.3 Å². The van der Waals surface area contributed by atoms with Crippen molar-refractivity contribution < 1.29 is 24.2 Å². The number of nitrogens with zero attached hydrogens (tertiary/aromatic N) is 8. The number of carbonyl (C=O) groups excluding carboxylic acids is 1. The maximum absolute atomic E-state index is 12.9. The van der Waals surface area contributed by atoms with E-state index in [-0.39, 0.29) is 42.2 Å². The van der Waals surface area contributed by atoms with Crippen molar-refractivity contribution in [2.24, 2.45) is 0 Å². The third kappa shape index (κ3) is 5.05. The Bertz CT molecular complexity index is 1530. The topological polar surface area (TPSA) is 186 Å². The van der Waals surface area contributed by atoms with Crippen LogP contribution < -0.4 is 5.73 Å². The fourth-order valence-electron chi connectivity index (χ4n) is 4.22. The van der Waals surface area contributed by atoms with Gasteiger partial charge in [0.25, 0.3) is 0 Å². The van der Waals surface area contributed by atoms with E-state index in [1.165, 1.54) is 15.7 Å². The number of rotatable bonds is 8. The molecule has 0 amide bonds. The highest BCUT2D eigenvalue weighted by Gasteiger charge is 2.49. The molecule has 204 valence electrons. The summed E-state index contributed by atoms with van der Waals surface area (Å²) in [4.78, 5) is 39.3. The first-order chi connectivity index (χ1) is 18.5. The van der Waals surface area contributed by atoms with Gasteiger partial charge in [-0.3, -0.25) is 9.36 Å². The van der Waals surface area contributed by atoms with Gasteiger partial charge in [0, 0.05) is 6.42 Å². The minimum Gasteiger partial charge on any atom is -0.479 e. The number of tetrazole rings is 1. The number of ketones is 1. The number of carboxylic acid groups (broad SMARTS) is 1. The van der Waals surface area contributed by atoms with Crippen molar-refractivity contribution >= 4 is 40.3 Å². The Hall–Kier alpha value is -4.01. The first-order valence-corrected chi connectivity index (χ1v) is 12.4. The zero-order valence-electron chi connectivity index (χ0n) is 21.4. The largest absolute Gasteiger partial charge is 0.479 e. The summed E-state index contributed by atoms with van der Waals surface area (Å²) < 4.78 is 13.5. The normalized spacial score (nSPS) is 19.4. The summed E-state index contributed by atoms with van der Waals surface area (Å²) in [6, 6.07) is 8.93. The number of carboxylic acids is 1. The van der Waals surface area contributed by atoms with Crippen LogP contribution in [0, 0.1) is 0 Å². The van der Waals surface area contributed by atoms with Crippen LogP contribution in [0.15, 0.2) is 36.7 Å². The predicted molar refractivity (Wildman–Crippen MR) is 137 cm³/mol. The van der Waals surface area contributed by atoms with Crippen molar-refractivity contribution in [2.75, 3.05) is 12.3 Å². The first kappa shape index (κ1) is 26.6. The molecule has 0 aliphatic carbocycles. The zero-order valence-corrected chi connectivity index (χ0v) is 22.1. The Kier molecular flexibility index (Phi) is 6.78. The van der Waals surface area contributed by atoms with Crippen LogP contribution in [0.1, 0.15) is 44.8 Å². The number of hydrogen-bond donors (Lipinski definition) is 2. The smallest absolute Gasteiger partial charge is 0.344 e. The minimum atomic E-state index is -2.04. The Labute approximate surface area is 227 Å². The molecule has 1 unspecified atom stereocenters. The van der Waals surface area contributed by atoms with Crippen LogP contribution in [-0.4, -0.2) is 69.3 Å². The number of Topliss-reactive ketones (excluding diaryl/α,β-unsaturated/α-hetero) is 1. The lowest BCUT2D eigenvalue weighted by atomic mass is 9.93.